The minimum Gasteiger partial charge on any atom is -0.497 e. The van der Waals surface area contributed by atoms with E-state index in [9.17, 15) is 14.4 Å². The van der Waals surface area contributed by atoms with Crippen molar-refractivity contribution in [3.63, 3.8) is 0 Å². The first-order chi connectivity index (χ1) is 18.8. The van der Waals surface area contributed by atoms with Gasteiger partial charge in [-0.15, -0.1) is 0 Å². The van der Waals surface area contributed by atoms with Gasteiger partial charge in [0.05, 0.1) is 31.0 Å². The minimum atomic E-state index is -0.988. The molecule has 0 radical (unpaired) electrons. The SMILES string of the molecule is COc1ccc(C=Nc2ccccc2C(=O)O)cc1.COc1ccc(C=O)cc1.Nc1ccccc1C(=O)O. The Kier molecular flexibility index (Phi) is 11.9. The third kappa shape index (κ3) is 9.85. The lowest BCUT2D eigenvalue weighted by atomic mass is 10.2. The lowest BCUT2D eigenvalue weighted by Crippen LogP contribution is -2.00. The van der Waals surface area contributed by atoms with Gasteiger partial charge in [0.25, 0.3) is 0 Å². The largest absolute Gasteiger partial charge is 0.497 e. The fourth-order valence-electron chi connectivity index (χ4n) is 2.98. The van der Waals surface area contributed by atoms with Crippen LogP contribution in [0.5, 0.6) is 11.5 Å². The summed E-state index contributed by atoms with van der Waals surface area (Å²) >= 11 is 0. The van der Waals surface area contributed by atoms with Crippen LogP contribution in [0.3, 0.4) is 0 Å². The number of anilines is 1. The standard InChI is InChI=1S/C15H13NO3.C8H8O2.C7H7NO2/c1-19-12-8-6-11(7-9-12)10-16-14-5-3-2-4-13(14)15(17)18;1-10-8-4-2-7(6-9)3-5-8;8-6-4-2-1-3-5(6)7(9)10/h2-10H,1H3,(H,17,18);2-6H,1H3;1-4H,8H2,(H,9,10). The summed E-state index contributed by atoms with van der Waals surface area (Å²) in [5, 5.41) is 17.5. The molecule has 4 N–H and O–H groups in total. The maximum absolute atomic E-state index is 11.0. The Labute approximate surface area is 225 Å². The number of ether oxygens (including phenoxy) is 2. The number of methoxy groups -OCH3 is 2. The predicted octanol–water partition coefficient (Wildman–Crippen LogP) is 5.62. The summed E-state index contributed by atoms with van der Waals surface area (Å²) in [6.45, 7) is 0. The first-order valence-corrected chi connectivity index (χ1v) is 11.5. The number of rotatable bonds is 7. The van der Waals surface area contributed by atoms with Crippen molar-refractivity contribution in [2.24, 2.45) is 4.99 Å². The molecule has 0 spiro atoms. The number of nitrogen functional groups attached to an aromatic ring is 1. The van der Waals surface area contributed by atoms with Crippen LogP contribution >= 0.6 is 0 Å². The maximum Gasteiger partial charge on any atom is 0.337 e. The van der Waals surface area contributed by atoms with Gasteiger partial charge in [-0.1, -0.05) is 24.3 Å². The number of hydrogen-bond donors (Lipinski definition) is 3. The number of para-hydroxylation sites is 2. The topological polar surface area (TPSA) is 149 Å². The Morgan fingerprint density at radius 3 is 1.59 bits per heavy atom. The van der Waals surface area contributed by atoms with E-state index in [1.54, 1.807) is 81.1 Å². The van der Waals surface area contributed by atoms with Crippen LogP contribution in [0.25, 0.3) is 0 Å². The van der Waals surface area contributed by atoms with E-state index in [2.05, 4.69) is 4.99 Å². The average molecular weight is 529 g/mol. The molecule has 4 aromatic carbocycles. The van der Waals surface area contributed by atoms with Crippen molar-refractivity contribution in [2.75, 3.05) is 20.0 Å². The monoisotopic (exact) mass is 528 g/mol. The van der Waals surface area contributed by atoms with Crippen LogP contribution in [-0.4, -0.2) is 48.9 Å². The molecule has 4 rings (SSSR count). The number of carboxylic acids is 2. The van der Waals surface area contributed by atoms with Crippen molar-refractivity contribution < 1.29 is 34.1 Å². The lowest BCUT2D eigenvalue weighted by Gasteiger charge is -2.01. The number of carbonyl (C=O) groups is 3. The minimum absolute atomic E-state index is 0.155. The summed E-state index contributed by atoms with van der Waals surface area (Å²) in [5.41, 5.74) is 7.96. The number of nitrogens with two attached hydrogens (primary N) is 1. The summed E-state index contributed by atoms with van der Waals surface area (Å²) in [5.74, 6) is -0.436. The second-order valence-electron chi connectivity index (χ2n) is 7.64. The van der Waals surface area contributed by atoms with Crippen molar-refractivity contribution >= 4 is 35.8 Å². The number of aromatic carboxylic acids is 2. The van der Waals surface area contributed by atoms with Gasteiger partial charge in [0.2, 0.25) is 0 Å². The van der Waals surface area contributed by atoms with E-state index in [0.29, 0.717) is 16.9 Å². The Bertz CT molecular complexity index is 1400. The van der Waals surface area contributed by atoms with E-state index in [1.165, 1.54) is 12.1 Å². The van der Waals surface area contributed by atoms with Gasteiger partial charge in [-0.25, -0.2) is 9.59 Å². The number of carboxylic acid groups (broad SMARTS) is 2. The molecule has 0 aromatic heterocycles. The maximum atomic E-state index is 11.0. The third-order valence-corrected chi connectivity index (χ3v) is 5.05. The molecule has 200 valence electrons. The highest BCUT2D eigenvalue weighted by Crippen LogP contribution is 2.19. The number of aliphatic imine (C=N–C) groups is 1. The quantitative estimate of drug-likeness (QED) is 0.159. The normalized spacial score (nSPS) is 9.79. The molecule has 0 fully saturated rings. The van der Waals surface area contributed by atoms with Gasteiger partial charge in [-0.2, -0.15) is 0 Å². The molecule has 0 aliphatic carbocycles. The molecule has 9 nitrogen and oxygen atoms in total. The van der Waals surface area contributed by atoms with Gasteiger partial charge in [-0.3, -0.25) is 9.79 Å². The number of nitrogens with zero attached hydrogens (tertiary/aromatic N) is 1. The Balaban J connectivity index is 0.000000225. The molecule has 0 aliphatic rings. The molecule has 0 saturated carbocycles. The highest BCUT2D eigenvalue weighted by molar-refractivity contribution is 5.95. The summed E-state index contributed by atoms with van der Waals surface area (Å²) in [4.78, 5) is 35.7. The second-order valence-corrected chi connectivity index (χ2v) is 7.64. The second kappa shape index (κ2) is 15.6. The van der Waals surface area contributed by atoms with Crippen molar-refractivity contribution in [3.05, 3.63) is 119 Å². The zero-order valence-corrected chi connectivity index (χ0v) is 21.4. The molecule has 0 saturated heterocycles. The lowest BCUT2D eigenvalue weighted by molar-refractivity contribution is 0.0687. The van der Waals surface area contributed by atoms with E-state index in [0.717, 1.165) is 23.3 Å². The molecule has 0 bridgehead atoms. The highest BCUT2D eigenvalue weighted by Gasteiger charge is 2.07. The van der Waals surface area contributed by atoms with Gasteiger partial charge < -0.3 is 25.4 Å². The fourth-order valence-corrected chi connectivity index (χ4v) is 2.98. The summed E-state index contributed by atoms with van der Waals surface area (Å²) in [6.07, 6.45) is 2.43. The van der Waals surface area contributed by atoms with Crippen LogP contribution in [0.15, 0.2) is 102 Å². The zero-order valence-electron chi connectivity index (χ0n) is 21.4. The van der Waals surface area contributed by atoms with Crippen LogP contribution in [-0.2, 0) is 0 Å². The number of benzene rings is 4. The zero-order chi connectivity index (χ0) is 28.6. The molecule has 0 heterocycles. The van der Waals surface area contributed by atoms with Crippen LogP contribution in [0.1, 0.15) is 36.6 Å². The van der Waals surface area contributed by atoms with E-state index < -0.39 is 11.9 Å². The number of carbonyl (C=O) groups excluding carboxylic acids is 1. The van der Waals surface area contributed by atoms with Gasteiger partial charge in [-0.05, 0) is 78.4 Å². The third-order valence-electron chi connectivity index (χ3n) is 5.05. The van der Waals surface area contributed by atoms with Crippen molar-refractivity contribution in [2.45, 2.75) is 0 Å². The Morgan fingerprint density at radius 1 is 0.692 bits per heavy atom. The predicted molar refractivity (Wildman–Crippen MR) is 150 cm³/mol. The van der Waals surface area contributed by atoms with E-state index >= 15 is 0 Å². The van der Waals surface area contributed by atoms with Gasteiger partial charge >= 0.3 is 11.9 Å². The molecule has 9 heteroatoms. The van der Waals surface area contributed by atoms with Gasteiger partial charge in [0, 0.05) is 17.5 Å². The Morgan fingerprint density at radius 2 is 1.15 bits per heavy atom. The van der Waals surface area contributed by atoms with Crippen molar-refractivity contribution in [1.82, 2.24) is 0 Å². The molecule has 39 heavy (non-hydrogen) atoms. The first kappa shape index (κ1) is 29.8. The van der Waals surface area contributed by atoms with E-state index in [1.807, 2.05) is 24.3 Å². The molecule has 0 aliphatic heterocycles. The molecule has 0 unspecified atom stereocenters. The summed E-state index contributed by atoms with van der Waals surface area (Å²) in [7, 11) is 3.20. The molecule has 4 aromatic rings. The first-order valence-electron chi connectivity index (χ1n) is 11.5. The smallest absolute Gasteiger partial charge is 0.337 e. The van der Waals surface area contributed by atoms with Crippen LogP contribution in [0.4, 0.5) is 11.4 Å². The van der Waals surface area contributed by atoms with E-state index in [4.69, 9.17) is 25.4 Å². The van der Waals surface area contributed by atoms with Crippen molar-refractivity contribution in [3.8, 4) is 11.5 Å². The van der Waals surface area contributed by atoms with Crippen LogP contribution in [0.2, 0.25) is 0 Å². The summed E-state index contributed by atoms with van der Waals surface area (Å²) in [6, 6.07) is 27.3. The molecular weight excluding hydrogens is 500 g/mol. The van der Waals surface area contributed by atoms with Crippen LogP contribution in [0, 0.1) is 0 Å². The fraction of sp³-hybridized carbons (Fsp3) is 0.0667. The highest BCUT2D eigenvalue weighted by atomic mass is 16.5. The summed E-state index contributed by atoms with van der Waals surface area (Å²) < 4.78 is 9.96. The molecule has 0 amide bonds. The number of aldehydes is 1. The van der Waals surface area contributed by atoms with Gasteiger partial charge in [0.1, 0.15) is 17.8 Å². The Hall–Kier alpha value is -5.44. The van der Waals surface area contributed by atoms with Gasteiger partial charge in [0.15, 0.2) is 0 Å². The van der Waals surface area contributed by atoms with Crippen LogP contribution < -0.4 is 15.2 Å². The molecule has 0 atom stereocenters. The molecular formula is C30H28N2O7. The van der Waals surface area contributed by atoms with Crippen molar-refractivity contribution in [1.29, 1.82) is 0 Å². The average Bonchev–Trinajstić information content (AvgIpc) is 2.97. The number of hydrogen-bond acceptors (Lipinski definition) is 7. The van der Waals surface area contributed by atoms with E-state index in [-0.39, 0.29) is 11.1 Å².